The van der Waals surface area contributed by atoms with Crippen LogP contribution in [0.15, 0.2) is 0 Å². The van der Waals surface area contributed by atoms with Crippen LogP contribution in [0.2, 0.25) is 0 Å². The summed E-state index contributed by atoms with van der Waals surface area (Å²) in [6.45, 7) is 2.10. The minimum atomic E-state index is 0.181. The second-order valence-corrected chi connectivity index (χ2v) is 4.24. The molecule has 0 spiro atoms. The Morgan fingerprint density at radius 1 is 1.83 bits per heavy atom. The Labute approximate surface area is 44.4 Å². The van der Waals surface area contributed by atoms with Gasteiger partial charge in [-0.05, 0) is 0 Å². The molecule has 0 nitrogen and oxygen atoms in total. The van der Waals surface area contributed by atoms with Crippen molar-refractivity contribution in [3.8, 4) is 11.5 Å². The Hall–Kier alpha value is -0.00623. The van der Waals surface area contributed by atoms with Gasteiger partial charge in [-0.2, -0.15) is 0 Å². The molecule has 0 fully saturated rings. The summed E-state index contributed by atoms with van der Waals surface area (Å²) in [4.78, 5) is 0. The van der Waals surface area contributed by atoms with Crippen molar-refractivity contribution in [1.29, 1.82) is 0 Å². The first-order chi connectivity index (χ1) is 2.91. The minimum Gasteiger partial charge on any atom is -0.144 e. The molecule has 0 rings (SSSR count). The molecular formula is C4H10Si2. The van der Waals surface area contributed by atoms with Gasteiger partial charge in [-0.25, -0.2) is 0 Å². The van der Waals surface area contributed by atoms with E-state index in [9.17, 15) is 0 Å². The first kappa shape index (κ1) is 5.99. The lowest BCUT2D eigenvalue weighted by atomic mass is 10.5. The third kappa shape index (κ3) is 3.99. The highest BCUT2D eigenvalue weighted by atomic mass is 29.1. The van der Waals surface area contributed by atoms with Gasteiger partial charge in [-0.1, -0.05) is 6.92 Å². The van der Waals surface area contributed by atoms with Gasteiger partial charge in [-0.15, -0.1) is 11.5 Å². The van der Waals surface area contributed by atoms with Gasteiger partial charge in [0.05, 0.1) is 9.04 Å². The normalized spacial score (nSPS) is 8.83. The van der Waals surface area contributed by atoms with Crippen molar-refractivity contribution in [3.05, 3.63) is 0 Å². The number of hydrogen-bond acceptors (Lipinski definition) is 0. The van der Waals surface area contributed by atoms with E-state index in [4.69, 9.17) is 0 Å². The van der Waals surface area contributed by atoms with Crippen LogP contribution in [0.5, 0.6) is 0 Å². The fourth-order valence-corrected chi connectivity index (χ4v) is 1.50. The highest BCUT2D eigenvalue weighted by Gasteiger charge is 1.57. The lowest BCUT2D eigenvalue weighted by Gasteiger charge is -1.64. The molecule has 34 valence electrons. The average Bonchev–Trinajstić information content (AvgIpc) is 1.61. The minimum absolute atomic E-state index is 0.181. The van der Waals surface area contributed by atoms with E-state index in [1.165, 1.54) is 9.76 Å². The number of hydrogen-bond donors (Lipinski definition) is 0. The van der Waals surface area contributed by atoms with E-state index >= 15 is 0 Å². The fourth-order valence-electron chi connectivity index (χ4n) is 0.250. The maximum absolute atomic E-state index is 3.15. The molecule has 0 aliphatic heterocycles. The molecule has 2 heteroatoms. The van der Waals surface area contributed by atoms with Gasteiger partial charge in [-0.3, -0.25) is 0 Å². The van der Waals surface area contributed by atoms with Gasteiger partial charge in [0.25, 0.3) is 0 Å². The lowest BCUT2D eigenvalue weighted by Crippen LogP contribution is -1.78. The summed E-state index contributed by atoms with van der Waals surface area (Å²) < 4.78 is 0. The van der Waals surface area contributed by atoms with E-state index in [-0.39, 0.29) is 9.04 Å². The summed E-state index contributed by atoms with van der Waals surface area (Å²) in [5, 5.41) is 0. The van der Waals surface area contributed by atoms with Crippen molar-refractivity contribution in [2.45, 2.75) is 13.3 Å². The highest BCUT2D eigenvalue weighted by Crippen LogP contribution is 1.62. The summed E-state index contributed by atoms with van der Waals surface area (Å²) in [5.41, 5.74) is 3.15. The summed E-state index contributed by atoms with van der Waals surface area (Å²) in [5.74, 6) is 3.04. The summed E-state index contributed by atoms with van der Waals surface area (Å²) in [6, 6.07) is 0. The maximum atomic E-state index is 3.15. The molecule has 6 heavy (non-hydrogen) atoms. The lowest BCUT2D eigenvalue weighted by molar-refractivity contribution is 1.28. The quantitative estimate of drug-likeness (QED) is 0.274. The molecule has 0 aromatic carbocycles. The van der Waals surface area contributed by atoms with Gasteiger partial charge in [0.15, 0.2) is 0 Å². The molecule has 0 N–H and O–H groups in total. The van der Waals surface area contributed by atoms with Crippen LogP contribution in [0.25, 0.3) is 0 Å². The Balaban J connectivity index is 2.90. The predicted molar refractivity (Wildman–Crippen MR) is 36.6 cm³/mol. The monoisotopic (exact) mass is 114 g/mol. The molecule has 0 aromatic rings. The van der Waals surface area contributed by atoms with Crippen LogP contribution in [0.1, 0.15) is 13.3 Å². The summed E-state index contributed by atoms with van der Waals surface area (Å²) in [6.07, 6.45) is 1.05. The van der Waals surface area contributed by atoms with E-state index in [0.29, 0.717) is 0 Å². The molecule has 0 radical (unpaired) electrons. The first-order valence-electron chi connectivity index (χ1n) is 2.37. The summed E-state index contributed by atoms with van der Waals surface area (Å²) in [7, 11) is 1.55. The van der Waals surface area contributed by atoms with Gasteiger partial charge in [0.2, 0.25) is 0 Å². The highest BCUT2D eigenvalue weighted by molar-refractivity contribution is 6.94. The van der Waals surface area contributed by atoms with Crippen molar-refractivity contribution in [1.82, 2.24) is 0 Å². The Bertz CT molecular complexity index is 59.4. The largest absolute Gasteiger partial charge is 0.144 e. The molecule has 0 aromatic heterocycles. The van der Waals surface area contributed by atoms with E-state index < -0.39 is 0 Å². The van der Waals surface area contributed by atoms with Crippen LogP contribution in [0.3, 0.4) is 0 Å². The Morgan fingerprint density at radius 3 is 2.67 bits per heavy atom. The Morgan fingerprint density at radius 2 is 2.50 bits per heavy atom. The van der Waals surface area contributed by atoms with Gasteiger partial charge >= 0.3 is 0 Å². The standard InChI is InChI=1S/C4H10Si2/c1-2-3-4-6-5/h2,6H2,1,5H3. The Kier molecular flexibility index (Phi) is 4.99. The van der Waals surface area contributed by atoms with Gasteiger partial charge in [0.1, 0.15) is 0 Å². The zero-order chi connectivity index (χ0) is 4.83. The van der Waals surface area contributed by atoms with E-state index in [1.54, 1.807) is 0 Å². The second-order valence-electron chi connectivity index (χ2n) is 1.06. The third-order valence-electron chi connectivity index (χ3n) is 0.479. The molecule has 0 aliphatic carbocycles. The van der Waals surface area contributed by atoms with E-state index in [2.05, 4.69) is 18.4 Å². The molecule has 0 saturated carbocycles. The first-order valence-corrected chi connectivity index (χ1v) is 8.74. The van der Waals surface area contributed by atoms with Crippen molar-refractivity contribution in [3.63, 3.8) is 0 Å². The molecule has 0 amide bonds. The molecule has 0 heterocycles. The molecule has 0 unspecified atom stereocenters. The summed E-state index contributed by atoms with van der Waals surface area (Å²) >= 11 is 0. The zero-order valence-corrected chi connectivity index (χ0v) is 7.83. The van der Waals surface area contributed by atoms with Crippen molar-refractivity contribution >= 4 is 18.8 Å². The molecule has 0 atom stereocenters. The molecular weight excluding hydrogens is 104 g/mol. The van der Waals surface area contributed by atoms with Crippen molar-refractivity contribution in [2.75, 3.05) is 0 Å². The van der Waals surface area contributed by atoms with E-state index in [0.717, 1.165) is 6.42 Å². The number of rotatable bonds is 0. The second kappa shape index (κ2) is 4.99. The van der Waals surface area contributed by atoms with Crippen LogP contribution < -0.4 is 0 Å². The van der Waals surface area contributed by atoms with E-state index in [1.807, 2.05) is 0 Å². The van der Waals surface area contributed by atoms with Crippen LogP contribution in [-0.2, 0) is 0 Å². The topological polar surface area (TPSA) is 0 Å². The third-order valence-corrected chi connectivity index (χ3v) is 2.14. The van der Waals surface area contributed by atoms with Crippen LogP contribution in [0, 0.1) is 11.5 Å². The molecule has 0 aliphatic rings. The van der Waals surface area contributed by atoms with Crippen molar-refractivity contribution in [2.24, 2.45) is 0 Å². The van der Waals surface area contributed by atoms with Crippen LogP contribution in [-0.4, -0.2) is 18.8 Å². The molecule has 0 bridgehead atoms. The van der Waals surface area contributed by atoms with Gasteiger partial charge in [0, 0.05) is 16.2 Å². The predicted octanol–water partition coefficient (Wildman–Crippen LogP) is -1.19. The smallest absolute Gasteiger partial charge is 0.0883 e. The van der Waals surface area contributed by atoms with Gasteiger partial charge < -0.3 is 0 Å². The zero-order valence-electron chi connectivity index (χ0n) is 4.41. The molecule has 0 saturated heterocycles. The van der Waals surface area contributed by atoms with Crippen LogP contribution >= 0.6 is 0 Å². The van der Waals surface area contributed by atoms with Crippen molar-refractivity contribution < 1.29 is 0 Å². The van der Waals surface area contributed by atoms with Crippen LogP contribution in [0.4, 0.5) is 0 Å². The average molecular weight is 114 g/mol. The SMILES string of the molecule is CCC#C[SiH2][SiH3]. The fraction of sp³-hybridized carbons (Fsp3) is 0.500. The maximum Gasteiger partial charge on any atom is 0.0883 e.